The van der Waals surface area contributed by atoms with Gasteiger partial charge in [0.15, 0.2) is 0 Å². The molecule has 2 heterocycles. The smallest absolute Gasteiger partial charge is 0.255 e. The molecule has 0 unspecified atom stereocenters. The van der Waals surface area contributed by atoms with Crippen LogP contribution in [0.1, 0.15) is 27.6 Å². The first-order valence-electron chi connectivity index (χ1n) is 8.53. The molecular formula is C19H22N4O2. The Hall–Kier alpha value is -2.89. The van der Waals surface area contributed by atoms with E-state index < -0.39 is 0 Å². The molecule has 2 amide bonds. The number of hydrogen-bond acceptors (Lipinski definition) is 4. The molecule has 0 atom stereocenters. The van der Waals surface area contributed by atoms with Gasteiger partial charge < -0.3 is 15.1 Å². The molecule has 1 aliphatic heterocycles. The Morgan fingerprint density at radius 2 is 1.76 bits per heavy atom. The number of rotatable bonds is 4. The van der Waals surface area contributed by atoms with E-state index in [2.05, 4.69) is 15.2 Å². The molecule has 6 nitrogen and oxygen atoms in total. The molecular weight excluding hydrogens is 316 g/mol. The van der Waals surface area contributed by atoms with Crippen LogP contribution in [-0.4, -0.2) is 54.4 Å². The van der Waals surface area contributed by atoms with Crippen molar-refractivity contribution in [3.05, 3.63) is 59.8 Å². The fraction of sp³-hybridized carbons (Fsp3) is 0.316. The summed E-state index contributed by atoms with van der Waals surface area (Å²) in [4.78, 5) is 33.1. The maximum atomic E-state index is 12.5. The summed E-state index contributed by atoms with van der Waals surface area (Å²) in [5.74, 6) is 0.610. The average molecular weight is 338 g/mol. The predicted molar refractivity (Wildman–Crippen MR) is 96.8 cm³/mol. The molecule has 130 valence electrons. The number of hydrogen-bond donors (Lipinski definition) is 1. The zero-order chi connectivity index (χ0) is 17.6. The van der Waals surface area contributed by atoms with Gasteiger partial charge in [0.2, 0.25) is 0 Å². The molecule has 6 heteroatoms. The number of pyridine rings is 1. The van der Waals surface area contributed by atoms with Crippen molar-refractivity contribution >= 4 is 17.6 Å². The van der Waals surface area contributed by atoms with E-state index in [1.165, 1.54) is 0 Å². The fourth-order valence-corrected chi connectivity index (χ4v) is 2.97. The van der Waals surface area contributed by atoms with E-state index in [0.29, 0.717) is 49.7 Å². The van der Waals surface area contributed by atoms with Gasteiger partial charge in [0, 0.05) is 44.5 Å². The lowest BCUT2D eigenvalue weighted by Gasteiger charge is -2.36. The Bertz CT molecular complexity index is 740. The number of benzene rings is 1. The minimum Gasteiger partial charge on any atom is -0.352 e. The normalized spacial score (nSPS) is 14.3. The lowest BCUT2D eigenvalue weighted by Crippen LogP contribution is -2.49. The van der Waals surface area contributed by atoms with Crippen LogP contribution in [0.3, 0.4) is 0 Å². The third-order valence-corrected chi connectivity index (χ3v) is 4.26. The highest BCUT2D eigenvalue weighted by Gasteiger charge is 2.25. The van der Waals surface area contributed by atoms with Crippen molar-refractivity contribution < 1.29 is 9.59 Å². The van der Waals surface area contributed by atoms with E-state index in [9.17, 15) is 9.59 Å². The summed E-state index contributed by atoms with van der Waals surface area (Å²) in [6.07, 6.45) is 1.69. The van der Waals surface area contributed by atoms with Crippen molar-refractivity contribution in [2.24, 2.45) is 0 Å². The van der Waals surface area contributed by atoms with Crippen LogP contribution in [0.4, 0.5) is 5.82 Å². The summed E-state index contributed by atoms with van der Waals surface area (Å²) in [6.45, 7) is 5.00. The van der Waals surface area contributed by atoms with Crippen LogP contribution in [0.5, 0.6) is 0 Å². The van der Waals surface area contributed by atoms with Gasteiger partial charge >= 0.3 is 0 Å². The van der Waals surface area contributed by atoms with Gasteiger partial charge in [-0.2, -0.15) is 0 Å². The molecule has 25 heavy (non-hydrogen) atoms. The van der Waals surface area contributed by atoms with Crippen LogP contribution in [0.2, 0.25) is 0 Å². The van der Waals surface area contributed by atoms with E-state index in [1.54, 1.807) is 18.3 Å². The summed E-state index contributed by atoms with van der Waals surface area (Å²) in [5, 5.41) is 2.82. The molecule has 1 aromatic heterocycles. The lowest BCUT2D eigenvalue weighted by atomic mass is 10.1. The number of amides is 2. The van der Waals surface area contributed by atoms with Crippen LogP contribution in [-0.2, 0) is 0 Å². The molecule has 1 aromatic carbocycles. The third-order valence-electron chi connectivity index (χ3n) is 4.26. The molecule has 0 spiro atoms. The number of aromatic nitrogens is 1. The summed E-state index contributed by atoms with van der Waals surface area (Å²) >= 11 is 0. The fourth-order valence-electron chi connectivity index (χ4n) is 2.97. The summed E-state index contributed by atoms with van der Waals surface area (Å²) < 4.78 is 0. The Morgan fingerprint density at radius 1 is 1.04 bits per heavy atom. The SMILES string of the molecule is CCNC(=O)c1cccnc1N1CCN(C(=O)c2ccccc2)CC1. The van der Waals surface area contributed by atoms with E-state index >= 15 is 0 Å². The van der Waals surface area contributed by atoms with Gasteiger partial charge in [-0.15, -0.1) is 0 Å². The zero-order valence-corrected chi connectivity index (χ0v) is 14.3. The standard InChI is InChI=1S/C19H22N4O2/c1-2-20-18(24)16-9-6-10-21-17(16)22-11-13-23(14-12-22)19(25)15-7-4-3-5-8-15/h3-10H,2,11-14H2,1H3,(H,20,24). The van der Waals surface area contributed by atoms with Crippen LogP contribution in [0, 0.1) is 0 Å². The quantitative estimate of drug-likeness (QED) is 0.923. The van der Waals surface area contributed by atoms with E-state index in [-0.39, 0.29) is 11.8 Å². The van der Waals surface area contributed by atoms with Crippen molar-refractivity contribution in [2.45, 2.75) is 6.92 Å². The summed E-state index contributed by atoms with van der Waals surface area (Å²) in [5.41, 5.74) is 1.28. The summed E-state index contributed by atoms with van der Waals surface area (Å²) in [7, 11) is 0. The Kier molecular flexibility index (Phi) is 5.28. The van der Waals surface area contributed by atoms with Crippen molar-refractivity contribution in [3.8, 4) is 0 Å². The molecule has 1 saturated heterocycles. The average Bonchev–Trinajstić information content (AvgIpc) is 2.68. The largest absolute Gasteiger partial charge is 0.352 e. The van der Waals surface area contributed by atoms with E-state index in [1.807, 2.05) is 42.2 Å². The van der Waals surface area contributed by atoms with Gasteiger partial charge in [-0.25, -0.2) is 4.98 Å². The highest BCUT2D eigenvalue weighted by Crippen LogP contribution is 2.19. The van der Waals surface area contributed by atoms with Crippen molar-refractivity contribution in [3.63, 3.8) is 0 Å². The second kappa shape index (κ2) is 7.79. The van der Waals surface area contributed by atoms with Crippen molar-refractivity contribution in [2.75, 3.05) is 37.6 Å². The maximum Gasteiger partial charge on any atom is 0.255 e. The molecule has 0 aliphatic carbocycles. The molecule has 0 radical (unpaired) electrons. The molecule has 1 N–H and O–H groups in total. The Balaban J connectivity index is 1.69. The monoisotopic (exact) mass is 338 g/mol. The number of anilines is 1. The first-order chi connectivity index (χ1) is 12.2. The van der Waals surface area contributed by atoms with E-state index in [4.69, 9.17) is 0 Å². The zero-order valence-electron chi connectivity index (χ0n) is 14.3. The van der Waals surface area contributed by atoms with Gasteiger partial charge in [-0.1, -0.05) is 18.2 Å². The Morgan fingerprint density at radius 3 is 2.44 bits per heavy atom. The minimum atomic E-state index is -0.117. The first kappa shape index (κ1) is 17.0. The van der Waals surface area contributed by atoms with Gasteiger partial charge in [0.1, 0.15) is 5.82 Å². The third kappa shape index (κ3) is 3.79. The second-order valence-electron chi connectivity index (χ2n) is 5.88. The van der Waals surface area contributed by atoms with Gasteiger partial charge in [0.25, 0.3) is 11.8 Å². The topological polar surface area (TPSA) is 65.5 Å². The maximum absolute atomic E-state index is 12.5. The molecule has 1 fully saturated rings. The van der Waals surface area contributed by atoms with Crippen LogP contribution in [0.15, 0.2) is 48.7 Å². The highest BCUT2D eigenvalue weighted by atomic mass is 16.2. The minimum absolute atomic E-state index is 0.0465. The van der Waals surface area contributed by atoms with Crippen molar-refractivity contribution in [1.82, 2.24) is 15.2 Å². The molecule has 1 aliphatic rings. The van der Waals surface area contributed by atoms with E-state index in [0.717, 1.165) is 0 Å². The van der Waals surface area contributed by atoms with Gasteiger partial charge in [-0.05, 0) is 31.2 Å². The number of piperazine rings is 1. The number of nitrogens with zero attached hydrogens (tertiary/aromatic N) is 3. The molecule has 0 bridgehead atoms. The van der Waals surface area contributed by atoms with Crippen LogP contribution >= 0.6 is 0 Å². The van der Waals surface area contributed by atoms with Crippen LogP contribution < -0.4 is 10.2 Å². The van der Waals surface area contributed by atoms with Gasteiger partial charge in [-0.3, -0.25) is 9.59 Å². The molecule has 3 rings (SSSR count). The number of carbonyl (C=O) groups is 2. The highest BCUT2D eigenvalue weighted by molar-refractivity contribution is 5.99. The molecule has 0 saturated carbocycles. The first-order valence-corrected chi connectivity index (χ1v) is 8.53. The number of carbonyl (C=O) groups excluding carboxylic acids is 2. The molecule has 2 aromatic rings. The summed E-state index contributed by atoms with van der Waals surface area (Å²) in [6, 6.07) is 12.9. The second-order valence-corrected chi connectivity index (χ2v) is 5.88. The Labute approximate surface area is 147 Å². The van der Waals surface area contributed by atoms with Gasteiger partial charge in [0.05, 0.1) is 5.56 Å². The van der Waals surface area contributed by atoms with Crippen LogP contribution in [0.25, 0.3) is 0 Å². The number of nitrogens with one attached hydrogen (secondary N) is 1. The lowest BCUT2D eigenvalue weighted by molar-refractivity contribution is 0.0745. The van der Waals surface area contributed by atoms with Crippen molar-refractivity contribution in [1.29, 1.82) is 0 Å². The predicted octanol–water partition coefficient (Wildman–Crippen LogP) is 1.79.